The van der Waals surface area contributed by atoms with Crippen LogP contribution in [-0.4, -0.2) is 20.1 Å². The molecule has 0 atom stereocenters. The highest BCUT2D eigenvalue weighted by Gasteiger charge is 2.19. The second kappa shape index (κ2) is 7.22. The number of benzene rings is 1. The molecule has 0 unspecified atom stereocenters. The molecule has 3 aromatic rings. The second-order valence-electron chi connectivity index (χ2n) is 6.53. The van der Waals surface area contributed by atoms with E-state index < -0.39 is 0 Å². The van der Waals surface area contributed by atoms with Crippen LogP contribution in [-0.2, 0) is 24.2 Å². The van der Waals surface area contributed by atoms with E-state index in [1.165, 1.54) is 0 Å². The van der Waals surface area contributed by atoms with Crippen LogP contribution in [0.1, 0.15) is 30.5 Å². The highest BCUT2D eigenvalue weighted by molar-refractivity contribution is 14.1. The van der Waals surface area contributed by atoms with E-state index >= 15 is 0 Å². The molecule has 1 N–H and O–H groups in total. The van der Waals surface area contributed by atoms with E-state index in [1.54, 1.807) is 15.3 Å². The number of hydrogen-bond acceptors (Lipinski definition) is 3. The van der Waals surface area contributed by atoms with Gasteiger partial charge in [0.15, 0.2) is 0 Å². The van der Waals surface area contributed by atoms with Crippen molar-refractivity contribution in [3.63, 3.8) is 0 Å². The smallest absolute Gasteiger partial charge is 0.276 e. The van der Waals surface area contributed by atoms with Crippen LogP contribution in [0.25, 0.3) is 5.52 Å². The molecule has 4 rings (SSSR count). The van der Waals surface area contributed by atoms with E-state index in [4.69, 9.17) is 0 Å². The van der Waals surface area contributed by atoms with Gasteiger partial charge in [-0.15, -0.1) is 0 Å². The zero-order valence-electron chi connectivity index (χ0n) is 14.2. The molecule has 0 saturated carbocycles. The first-order valence-corrected chi connectivity index (χ1v) is 9.84. The Morgan fingerprint density at radius 1 is 1.15 bits per heavy atom. The number of nitrogens with zero attached hydrogens (tertiary/aromatic N) is 3. The summed E-state index contributed by atoms with van der Waals surface area (Å²) in [5.41, 5.74) is 3.50. The minimum Gasteiger partial charge on any atom is -0.326 e. The summed E-state index contributed by atoms with van der Waals surface area (Å²) in [7, 11) is 0. The number of fused-ring (bicyclic) bond motifs is 3. The van der Waals surface area contributed by atoms with Crippen molar-refractivity contribution in [2.75, 3.05) is 5.32 Å². The Kier molecular flexibility index (Phi) is 4.80. The second-order valence-corrected chi connectivity index (χ2v) is 7.77. The number of nitrogens with one attached hydrogen (secondary N) is 1. The van der Waals surface area contributed by atoms with Crippen molar-refractivity contribution < 1.29 is 4.79 Å². The maximum absolute atomic E-state index is 12.8. The Balaban J connectivity index is 1.50. The SMILES string of the molecule is O=C(CCn1ccn2nc3c(c2c1=O)CCCC3)Nc1ccc(I)cc1. The van der Waals surface area contributed by atoms with Crippen LogP contribution in [0.3, 0.4) is 0 Å². The molecule has 0 spiro atoms. The van der Waals surface area contributed by atoms with Crippen molar-refractivity contribution >= 4 is 39.7 Å². The number of aryl methyl sites for hydroxylation is 3. The number of carbonyl (C=O) groups excluding carboxylic acids is 1. The Bertz CT molecular complexity index is 1020. The van der Waals surface area contributed by atoms with Crippen LogP contribution in [0.2, 0.25) is 0 Å². The van der Waals surface area contributed by atoms with E-state index in [-0.39, 0.29) is 17.9 Å². The molecule has 1 aliphatic rings. The number of amides is 1. The van der Waals surface area contributed by atoms with E-state index in [9.17, 15) is 9.59 Å². The molecule has 1 aromatic carbocycles. The van der Waals surface area contributed by atoms with Gasteiger partial charge in [0.25, 0.3) is 5.56 Å². The molecular weight excluding hydrogens is 443 g/mol. The van der Waals surface area contributed by atoms with Gasteiger partial charge in [-0.2, -0.15) is 5.10 Å². The Hall–Kier alpha value is -2.16. The van der Waals surface area contributed by atoms with Gasteiger partial charge in [-0.05, 0) is 72.5 Å². The number of carbonyl (C=O) groups is 1. The van der Waals surface area contributed by atoms with Crippen LogP contribution in [0.5, 0.6) is 0 Å². The summed E-state index contributed by atoms with van der Waals surface area (Å²) >= 11 is 2.22. The molecule has 26 heavy (non-hydrogen) atoms. The molecule has 6 nitrogen and oxygen atoms in total. The fraction of sp³-hybridized carbons (Fsp3) is 0.316. The fourth-order valence-corrected chi connectivity index (χ4v) is 3.77. The lowest BCUT2D eigenvalue weighted by atomic mass is 9.97. The van der Waals surface area contributed by atoms with E-state index in [0.717, 1.165) is 46.2 Å². The van der Waals surface area contributed by atoms with Gasteiger partial charge in [-0.25, -0.2) is 4.52 Å². The monoisotopic (exact) mass is 462 g/mol. The topological polar surface area (TPSA) is 68.4 Å². The molecule has 7 heteroatoms. The third-order valence-electron chi connectivity index (χ3n) is 4.74. The third-order valence-corrected chi connectivity index (χ3v) is 5.46. The molecule has 0 saturated heterocycles. The molecule has 0 bridgehead atoms. The van der Waals surface area contributed by atoms with Gasteiger partial charge in [-0.3, -0.25) is 9.59 Å². The summed E-state index contributed by atoms with van der Waals surface area (Å²) < 4.78 is 4.42. The van der Waals surface area contributed by atoms with Gasteiger partial charge in [0, 0.05) is 40.2 Å². The minimum absolute atomic E-state index is 0.0646. The maximum Gasteiger partial charge on any atom is 0.276 e. The maximum atomic E-state index is 12.8. The summed E-state index contributed by atoms with van der Waals surface area (Å²) in [6.45, 7) is 0.353. The third kappa shape index (κ3) is 3.40. The zero-order chi connectivity index (χ0) is 18.1. The van der Waals surface area contributed by atoms with Crippen LogP contribution < -0.4 is 10.9 Å². The molecule has 2 heterocycles. The molecule has 1 aliphatic carbocycles. The Morgan fingerprint density at radius 2 is 1.92 bits per heavy atom. The first-order chi connectivity index (χ1) is 12.6. The fourth-order valence-electron chi connectivity index (χ4n) is 3.41. The predicted molar refractivity (Wildman–Crippen MR) is 108 cm³/mol. The number of rotatable bonds is 4. The van der Waals surface area contributed by atoms with Crippen molar-refractivity contribution in [3.05, 3.63) is 61.8 Å². The molecule has 0 radical (unpaired) electrons. The summed E-state index contributed by atoms with van der Waals surface area (Å²) in [4.78, 5) is 25.0. The van der Waals surface area contributed by atoms with Crippen molar-refractivity contribution in [3.8, 4) is 0 Å². The van der Waals surface area contributed by atoms with Crippen molar-refractivity contribution in [1.82, 2.24) is 14.2 Å². The molecule has 134 valence electrons. The lowest BCUT2D eigenvalue weighted by Crippen LogP contribution is -2.24. The van der Waals surface area contributed by atoms with Gasteiger partial charge in [0.1, 0.15) is 5.52 Å². The molecule has 0 aliphatic heterocycles. The first kappa shape index (κ1) is 17.3. The van der Waals surface area contributed by atoms with E-state index in [1.807, 2.05) is 30.5 Å². The lowest BCUT2D eigenvalue weighted by Gasteiger charge is -2.10. The molecule has 1 amide bonds. The largest absolute Gasteiger partial charge is 0.326 e. The highest BCUT2D eigenvalue weighted by atomic mass is 127. The first-order valence-electron chi connectivity index (χ1n) is 8.77. The standard InChI is InChI=1S/C19H19IN4O2/c20-13-5-7-14(8-6-13)21-17(25)9-10-23-11-12-24-18(19(23)26)15-3-1-2-4-16(15)22-24/h5-8,11-12H,1-4,9-10H2,(H,21,25). The summed E-state index contributed by atoms with van der Waals surface area (Å²) in [6, 6.07) is 7.63. The number of hydrogen-bond donors (Lipinski definition) is 1. The normalized spacial score (nSPS) is 13.6. The number of anilines is 1. The van der Waals surface area contributed by atoms with Crippen LogP contribution in [0.15, 0.2) is 41.5 Å². The summed E-state index contributed by atoms with van der Waals surface area (Å²) in [5, 5.41) is 7.40. The molecule has 0 fully saturated rings. The number of halogens is 1. The summed E-state index contributed by atoms with van der Waals surface area (Å²) in [6.07, 6.45) is 7.85. The van der Waals surface area contributed by atoms with Crippen molar-refractivity contribution in [2.24, 2.45) is 0 Å². The predicted octanol–water partition coefficient (Wildman–Crippen LogP) is 3.01. The van der Waals surface area contributed by atoms with Crippen LogP contribution in [0, 0.1) is 3.57 Å². The zero-order valence-corrected chi connectivity index (χ0v) is 16.4. The van der Waals surface area contributed by atoms with E-state index in [0.29, 0.717) is 12.1 Å². The van der Waals surface area contributed by atoms with Crippen molar-refractivity contribution in [2.45, 2.75) is 38.6 Å². The van der Waals surface area contributed by atoms with Crippen LogP contribution in [0.4, 0.5) is 5.69 Å². The highest BCUT2D eigenvalue weighted by Crippen LogP contribution is 2.22. The minimum atomic E-state index is -0.103. The molecular formula is C19H19IN4O2. The summed E-state index contributed by atoms with van der Waals surface area (Å²) in [5.74, 6) is -0.103. The Labute approximate surface area is 164 Å². The van der Waals surface area contributed by atoms with Gasteiger partial charge >= 0.3 is 0 Å². The number of aromatic nitrogens is 3. The molecule has 2 aromatic heterocycles. The van der Waals surface area contributed by atoms with Crippen molar-refractivity contribution in [1.29, 1.82) is 0 Å². The van der Waals surface area contributed by atoms with Gasteiger partial charge in [0.05, 0.1) is 5.69 Å². The van der Waals surface area contributed by atoms with E-state index in [2.05, 4.69) is 33.0 Å². The van der Waals surface area contributed by atoms with Gasteiger partial charge in [0.2, 0.25) is 5.91 Å². The average molecular weight is 462 g/mol. The van der Waals surface area contributed by atoms with Gasteiger partial charge < -0.3 is 9.88 Å². The van der Waals surface area contributed by atoms with Crippen LogP contribution >= 0.6 is 22.6 Å². The van der Waals surface area contributed by atoms with Gasteiger partial charge in [-0.1, -0.05) is 0 Å². The quantitative estimate of drug-likeness (QED) is 0.607. The average Bonchev–Trinajstić information content (AvgIpc) is 3.02. The Morgan fingerprint density at radius 3 is 2.73 bits per heavy atom. The lowest BCUT2D eigenvalue weighted by molar-refractivity contribution is -0.116.